The van der Waals surface area contributed by atoms with Crippen molar-refractivity contribution in [1.29, 1.82) is 0 Å². The van der Waals surface area contributed by atoms with E-state index in [2.05, 4.69) is 6.58 Å². The molecule has 172 valence electrons. The summed E-state index contributed by atoms with van der Waals surface area (Å²) >= 11 is 5.98. The first kappa shape index (κ1) is 23.4. The van der Waals surface area contributed by atoms with Gasteiger partial charge in [-0.3, -0.25) is 0 Å². The molecule has 0 spiro atoms. The predicted octanol–water partition coefficient (Wildman–Crippen LogP) is 6.95. The van der Waals surface area contributed by atoms with Crippen LogP contribution in [0.4, 0.5) is 0 Å². The van der Waals surface area contributed by atoms with Crippen molar-refractivity contribution in [3.63, 3.8) is 0 Å². The third-order valence-electron chi connectivity index (χ3n) is 5.42. The Labute approximate surface area is 204 Å². The summed E-state index contributed by atoms with van der Waals surface area (Å²) in [6.07, 6.45) is 5.94. The zero-order valence-corrected chi connectivity index (χ0v) is 19.9. The molecule has 0 fully saturated rings. The molecule has 5 heteroatoms. The molecule has 4 nitrogen and oxygen atoms in total. The van der Waals surface area contributed by atoms with E-state index in [9.17, 15) is 4.79 Å². The van der Waals surface area contributed by atoms with Crippen molar-refractivity contribution in [3.8, 4) is 11.5 Å². The van der Waals surface area contributed by atoms with Gasteiger partial charge in [0, 0.05) is 16.1 Å². The molecule has 0 saturated heterocycles. The third kappa shape index (κ3) is 5.41. The monoisotopic (exact) mass is 472 g/mol. The van der Waals surface area contributed by atoms with Gasteiger partial charge in [0.2, 0.25) is 0 Å². The number of halogens is 1. The summed E-state index contributed by atoms with van der Waals surface area (Å²) in [5.74, 6) is 1.37. The lowest BCUT2D eigenvalue weighted by Gasteiger charge is -2.16. The van der Waals surface area contributed by atoms with Gasteiger partial charge in [0.15, 0.2) is 11.5 Å². The SMILES string of the molecule is C=CCc1cc(/C=C2\C=C(c3ccc(C)cc3)OC2=O)cc(OC)c1OCc1ccc(Cl)cc1. The van der Waals surface area contributed by atoms with Crippen molar-refractivity contribution in [2.24, 2.45) is 0 Å². The molecule has 34 heavy (non-hydrogen) atoms. The van der Waals surface area contributed by atoms with Gasteiger partial charge in [0.1, 0.15) is 12.4 Å². The number of hydrogen-bond donors (Lipinski definition) is 0. The molecule has 3 aromatic carbocycles. The molecule has 3 aromatic rings. The number of methoxy groups -OCH3 is 1. The minimum atomic E-state index is -0.386. The predicted molar refractivity (Wildman–Crippen MR) is 136 cm³/mol. The van der Waals surface area contributed by atoms with Crippen molar-refractivity contribution in [1.82, 2.24) is 0 Å². The molecule has 0 N–H and O–H groups in total. The van der Waals surface area contributed by atoms with E-state index in [1.54, 1.807) is 25.3 Å². The van der Waals surface area contributed by atoms with Crippen molar-refractivity contribution in [2.75, 3.05) is 7.11 Å². The first-order chi connectivity index (χ1) is 16.5. The maximum absolute atomic E-state index is 12.5. The lowest BCUT2D eigenvalue weighted by Crippen LogP contribution is -2.02. The van der Waals surface area contributed by atoms with Crippen LogP contribution in [0.15, 0.2) is 85.0 Å². The zero-order chi connectivity index (χ0) is 24.1. The summed E-state index contributed by atoms with van der Waals surface area (Å²) in [7, 11) is 1.60. The summed E-state index contributed by atoms with van der Waals surface area (Å²) < 4.78 is 17.3. The van der Waals surface area contributed by atoms with Crippen molar-refractivity contribution >= 4 is 29.4 Å². The lowest BCUT2D eigenvalue weighted by molar-refractivity contribution is -0.130. The topological polar surface area (TPSA) is 44.8 Å². The van der Waals surface area contributed by atoms with Gasteiger partial charge in [-0.25, -0.2) is 4.79 Å². The minimum Gasteiger partial charge on any atom is -0.493 e. The van der Waals surface area contributed by atoms with E-state index < -0.39 is 0 Å². The van der Waals surface area contributed by atoms with E-state index in [4.69, 9.17) is 25.8 Å². The summed E-state index contributed by atoms with van der Waals surface area (Å²) in [4.78, 5) is 12.5. The van der Waals surface area contributed by atoms with Crippen LogP contribution in [-0.2, 0) is 22.6 Å². The molecule has 0 unspecified atom stereocenters. The molecular weight excluding hydrogens is 448 g/mol. The fraction of sp³-hybridized carbons (Fsp3) is 0.138. The van der Waals surface area contributed by atoms with Crippen LogP contribution in [0.1, 0.15) is 27.8 Å². The van der Waals surface area contributed by atoms with E-state index in [1.165, 1.54) is 0 Å². The Bertz CT molecular complexity index is 1270. The second-order valence-corrected chi connectivity index (χ2v) is 8.42. The van der Waals surface area contributed by atoms with Gasteiger partial charge in [-0.2, -0.15) is 0 Å². The van der Waals surface area contributed by atoms with Crippen LogP contribution >= 0.6 is 11.6 Å². The summed E-state index contributed by atoms with van der Waals surface area (Å²) in [5.41, 5.74) is 5.18. The van der Waals surface area contributed by atoms with Gasteiger partial charge < -0.3 is 14.2 Å². The van der Waals surface area contributed by atoms with Crippen LogP contribution in [0.3, 0.4) is 0 Å². The van der Waals surface area contributed by atoms with Crippen molar-refractivity contribution < 1.29 is 19.0 Å². The largest absolute Gasteiger partial charge is 0.493 e. The minimum absolute atomic E-state index is 0.368. The summed E-state index contributed by atoms with van der Waals surface area (Å²) in [6, 6.07) is 19.2. The zero-order valence-electron chi connectivity index (χ0n) is 19.1. The maximum Gasteiger partial charge on any atom is 0.343 e. The number of carbonyl (C=O) groups excluding carboxylic acids is 1. The fourth-order valence-corrected chi connectivity index (χ4v) is 3.78. The highest BCUT2D eigenvalue weighted by molar-refractivity contribution is 6.30. The van der Waals surface area contributed by atoms with Crippen LogP contribution in [0.25, 0.3) is 11.8 Å². The van der Waals surface area contributed by atoms with E-state index in [1.807, 2.05) is 67.6 Å². The Hall–Kier alpha value is -3.76. The number of aryl methyl sites for hydroxylation is 1. The lowest BCUT2D eigenvalue weighted by atomic mass is 10.0. The van der Waals surface area contributed by atoms with Gasteiger partial charge >= 0.3 is 5.97 Å². The second kappa shape index (κ2) is 10.4. The standard InChI is InChI=1S/C29H25ClO4/c1-4-5-23-14-21(15-24-17-26(34-29(24)31)22-10-6-19(2)7-11-22)16-27(32-3)28(23)33-18-20-8-12-25(30)13-9-20/h4,6-17H,1,5,18H2,2-3H3/b24-15+. The van der Waals surface area contributed by atoms with Crippen LogP contribution in [0.5, 0.6) is 11.5 Å². The molecular formula is C29H25ClO4. The van der Waals surface area contributed by atoms with Gasteiger partial charge in [-0.15, -0.1) is 6.58 Å². The van der Waals surface area contributed by atoms with Gasteiger partial charge in [0.25, 0.3) is 0 Å². The Morgan fingerprint density at radius 1 is 1.06 bits per heavy atom. The first-order valence-corrected chi connectivity index (χ1v) is 11.3. The average molecular weight is 473 g/mol. The summed E-state index contributed by atoms with van der Waals surface area (Å²) in [5, 5.41) is 0.677. The number of rotatable bonds is 8. The highest BCUT2D eigenvalue weighted by Gasteiger charge is 2.22. The molecule has 1 aliphatic heterocycles. The smallest absolute Gasteiger partial charge is 0.343 e. The Morgan fingerprint density at radius 2 is 1.79 bits per heavy atom. The molecule has 0 aliphatic carbocycles. The quantitative estimate of drug-likeness (QED) is 0.202. The average Bonchev–Trinajstić information content (AvgIpc) is 3.19. The van der Waals surface area contributed by atoms with E-state index in [-0.39, 0.29) is 5.97 Å². The van der Waals surface area contributed by atoms with Gasteiger partial charge in [-0.1, -0.05) is 59.6 Å². The number of carbonyl (C=O) groups is 1. The Kier molecular flexibility index (Phi) is 7.19. The van der Waals surface area contributed by atoms with E-state index in [0.717, 1.165) is 27.8 Å². The molecule has 0 atom stereocenters. The third-order valence-corrected chi connectivity index (χ3v) is 5.67. The van der Waals surface area contributed by atoms with Crippen molar-refractivity contribution in [3.05, 3.63) is 118 Å². The first-order valence-electron chi connectivity index (χ1n) is 10.9. The molecule has 1 aliphatic rings. The number of allylic oxidation sites excluding steroid dienone is 1. The number of hydrogen-bond acceptors (Lipinski definition) is 4. The highest BCUT2D eigenvalue weighted by atomic mass is 35.5. The molecule has 4 rings (SSSR count). The second-order valence-electron chi connectivity index (χ2n) is 7.98. The molecule has 0 radical (unpaired) electrons. The maximum atomic E-state index is 12.5. The molecule has 0 amide bonds. The number of esters is 1. The van der Waals surface area contributed by atoms with Crippen LogP contribution in [0, 0.1) is 6.92 Å². The number of ether oxygens (including phenoxy) is 3. The molecule has 0 bridgehead atoms. The fourth-order valence-electron chi connectivity index (χ4n) is 3.65. The highest BCUT2D eigenvalue weighted by Crippen LogP contribution is 2.36. The normalized spacial score (nSPS) is 14.0. The number of benzene rings is 3. The van der Waals surface area contributed by atoms with Crippen LogP contribution in [0.2, 0.25) is 5.02 Å². The van der Waals surface area contributed by atoms with Gasteiger partial charge in [0.05, 0.1) is 12.7 Å². The Morgan fingerprint density at radius 3 is 2.47 bits per heavy atom. The van der Waals surface area contributed by atoms with Crippen LogP contribution in [-0.4, -0.2) is 13.1 Å². The van der Waals surface area contributed by atoms with Gasteiger partial charge in [-0.05, 0) is 60.9 Å². The molecule has 0 aromatic heterocycles. The van der Waals surface area contributed by atoms with Crippen molar-refractivity contribution in [2.45, 2.75) is 20.0 Å². The van der Waals surface area contributed by atoms with Crippen LogP contribution < -0.4 is 9.47 Å². The summed E-state index contributed by atoms with van der Waals surface area (Å²) in [6.45, 7) is 6.25. The Balaban J connectivity index is 1.64. The van der Waals surface area contributed by atoms with E-state index >= 15 is 0 Å². The molecule has 0 saturated carbocycles. The number of cyclic esters (lactones) is 1. The molecule has 1 heterocycles. The van der Waals surface area contributed by atoms with E-state index in [0.29, 0.717) is 40.9 Å².